The van der Waals surface area contributed by atoms with Crippen molar-refractivity contribution in [2.45, 2.75) is 6.61 Å². The van der Waals surface area contributed by atoms with Crippen LogP contribution in [-0.2, 0) is 16.4 Å². The van der Waals surface area contributed by atoms with Gasteiger partial charge in [0.15, 0.2) is 0 Å². The Morgan fingerprint density at radius 3 is 2.32 bits per heavy atom. The number of hydrogen-bond donors (Lipinski definition) is 0. The average molecular weight is 258 g/mol. The summed E-state index contributed by atoms with van der Waals surface area (Å²) in [6.45, 7) is 0.197. The number of methoxy groups -OCH3 is 1. The minimum Gasteiger partial charge on any atom is -0.497 e. The van der Waals surface area contributed by atoms with Gasteiger partial charge < -0.3 is 4.74 Å². The van der Waals surface area contributed by atoms with Crippen LogP contribution in [0.15, 0.2) is 54.6 Å². The topological polar surface area (TPSA) is 44.8 Å². The molecule has 0 heterocycles. The maximum absolute atomic E-state index is 11.6. The second-order valence-electron chi connectivity index (χ2n) is 3.85. The van der Waals surface area contributed by atoms with Crippen LogP contribution in [0, 0.1) is 0 Å². The lowest BCUT2D eigenvalue weighted by atomic mass is 10.2. The quantitative estimate of drug-likeness (QED) is 0.611. The van der Waals surface area contributed by atoms with Crippen molar-refractivity contribution in [2.75, 3.05) is 7.11 Å². The Balaban J connectivity index is 1.81. The standard InChI is InChI=1S/C15H14O4/c1-17-14-9-7-12(8-10-14)11-18-19-15(16)13-5-3-2-4-6-13/h2-10H,11H2,1H3. The highest BCUT2D eigenvalue weighted by Gasteiger charge is 2.07. The summed E-state index contributed by atoms with van der Waals surface area (Å²) in [5, 5.41) is 0. The van der Waals surface area contributed by atoms with Crippen LogP contribution in [-0.4, -0.2) is 13.1 Å². The molecule has 0 bridgehead atoms. The van der Waals surface area contributed by atoms with Crippen molar-refractivity contribution in [2.24, 2.45) is 0 Å². The monoisotopic (exact) mass is 258 g/mol. The third-order valence-corrected chi connectivity index (χ3v) is 2.53. The van der Waals surface area contributed by atoms with Crippen LogP contribution in [0.5, 0.6) is 5.75 Å². The predicted octanol–water partition coefficient (Wildman–Crippen LogP) is 2.98. The van der Waals surface area contributed by atoms with E-state index in [0.717, 1.165) is 11.3 Å². The van der Waals surface area contributed by atoms with Crippen molar-refractivity contribution in [1.82, 2.24) is 0 Å². The Hall–Kier alpha value is -2.33. The third-order valence-electron chi connectivity index (χ3n) is 2.53. The zero-order valence-electron chi connectivity index (χ0n) is 10.5. The summed E-state index contributed by atoms with van der Waals surface area (Å²) in [5.41, 5.74) is 1.35. The highest BCUT2D eigenvalue weighted by atomic mass is 17.2. The van der Waals surface area contributed by atoms with Gasteiger partial charge in [-0.2, -0.15) is 4.89 Å². The summed E-state index contributed by atoms with van der Waals surface area (Å²) >= 11 is 0. The van der Waals surface area contributed by atoms with Gasteiger partial charge in [0.2, 0.25) is 0 Å². The van der Waals surface area contributed by atoms with Crippen LogP contribution in [0.2, 0.25) is 0 Å². The molecule has 4 nitrogen and oxygen atoms in total. The lowest BCUT2D eigenvalue weighted by molar-refractivity contribution is -0.250. The molecule has 0 aliphatic rings. The van der Waals surface area contributed by atoms with E-state index >= 15 is 0 Å². The van der Waals surface area contributed by atoms with E-state index in [1.165, 1.54) is 0 Å². The highest BCUT2D eigenvalue weighted by Crippen LogP contribution is 2.12. The molecule has 0 N–H and O–H groups in total. The summed E-state index contributed by atoms with van der Waals surface area (Å²) < 4.78 is 5.04. The van der Waals surface area contributed by atoms with E-state index in [9.17, 15) is 4.79 Å². The second kappa shape index (κ2) is 6.56. The summed E-state index contributed by atoms with van der Waals surface area (Å²) in [6.07, 6.45) is 0. The van der Waals surface area contributed by atoms with Crippen LogP contribution in [0.4, 0.5) is 0 Å². The van der Waals surface area contributed by atoms with Gasteiger partial charge in [0.1, 0.15) is 12.4 Å². The molecule has 19 heavy (non-hydrogen) atoms. The van der Waals surface area contributed by atoms with E-state index in [2.05, 4.69) is 0 Å². The van der Waals surface area contributed by atoms with Crippen molar-refractivity contribution in [1.29, 1.82) is 0 Å². The largest absolute Gasteiger partial charge is 0.497 e. The van der Waals surface area contributed by atoms with Gasteiger partial charge in [-0.3, -0.25) is 4.89 Å². The first kappa shape index (κ1) is 13.1. The van der Waals surface area contributed by atoms with E-state index in [0.29, 0.717) is 5.56 Å². The van der Waals surface area contributed by atoms with Gasteiger partial charge in [-0.05, 0) is 29.8 Å². The summed E-state index contributed by atoms with van der Waals surface area (Å²) in [6, 6.07) is 16.0. The second-order valence-corrected chi connectivity index (χ2v) is 3.85. The molecular weight excluding hydrogens is 244 g/mol. The van der Waals surface area contributed by atoms with Crippen molar-refractivity contribution >= 4 is 5.97 Å². The predicted molar refractivity (Wildman–Crippen MR) is 69.6 cm³/mol. The first-order valence-electron chi connectivity index (χ1n) is 5.81. The maximum Gasteiger partial charge on any atom is 0.373 e. The number of hydrogen-bond acceptors (Lipinski definition) is 4. The third kappa shape index (κ3) is 3.82. The molecule has 0 saturated heterocycles. The van der Waals surface area contributed by atoms with E-state index < -0.39 is 5.97 Å². The van der Waals surface area contributed by atoms with Gasteiger partial charge in [0, 0.05) is 0 Å². The fourth-order valence-corrected chi connectivity index (χ4v) is 1.50. The van der Waals surface area contributed by atoms with E-state index in [1.807, 2.05) is 30.3 Å². The van der Waals surface area contributed by atoms with Gasteiger partial charge >= 0.3 is 5.97 Å². The number of carbonyl (C=O) groups is 1. The van der Waals surface area contributed by atoms with Crippen LogP contribution in [0.3, 0.4) is 0 Å². The molecule has 2 aromatic rings. The first-order chi connectivity index (χ1) is 9.29. The Labute approximate surface area is 111 Å². The van der Waals surface area contributed by atoms with E-state index in [4.69, 9.17) is 14.5 Å². The SMILES string of the molecule is COc1ccc(COOC(=O)c2ccccc2)cc1. The minimum absolute atomic E-state index is 0.197. The van der Waals surface area contributed by atoms with E-state index in [1.54, 1.807) is 31.4 Å². The molecule has 2 rings (SSSR count). The van der Waals surface area contributed by atoms with Crippen LogP contribution >= 0.6 is 0 Å². The van der Waals surface area contributed by atoms with Crippen molar-refractivity contribution in [3.8, 4) is 5.75 Å². The molecule has 0 aliphatic heterocycles. The van der Waals surface area contributed by atoms with Crippen molar-refractivity contribution in [3.05, 3.63) is 65.7 Å². The Morgan fingerprint density at radius 2 is 1.68 bits per heavy atom. The fraction of sp³-hybridized carbons (Fsp3) is 0.133. The Bertz CT molecular complexity index is 520. The summed E-state index contributed by atoms with van der Waals surface area (Å²) in [5.74, 6) is 0.263. The summed E-state index contributed by atoms with van der Waals surface area (Å²) in [4.78, 5) is 21.2. The van der Waals surface area contributed by atoms with Crippen molar-refractivity contribution < 1.29 is 19.3 Å². The molecule has 0 aliphatic carbocycles. The van der Waals surface area contributed by atoms with Crippen molar-refractivity contribution in [3.63, 3.8) is 0 Å². The minimum atomic E-state index is -0.505. The molecule has 4 heteroatoms. The molecule has 0 amide bonds. The highest BCUT2D eigenvalue weighted by molar-refractivity contribution is 5.88. The van der Waals surface area contributed by atoms with Gasteiger partial charge in [-0.1, -0.05) is 30.3 Å². The smallest absolute Gasteiger partial charge is 0.373 e. The lowest BCUT2D eigenvalue weighted by Crippen LogP contribution is -2.05. The Kier molecular flexibility index (Phi) is 4.53. The molecule has 0 saturated carbocycles. The zero-order valence-corrected chi connectivity index (χ0v) is 10.5. The van der Waals surface area contributed by atoms with Gasteiger partial charge in [0.25, 0.3) is 0 Å². The lowest BCUT2D eigenvalue weighted by Gasteiger charge is -2.05. The normalized spacial score (nSPS) is 9.95. The van der Waals surface area contributed by atoms with E-state index in [-0.39, 0.29) is 6.61 Å². The average Bonchev–Trinajstić information content (AvgIpc) is 2.49. The first-order valence-corrected chi connectivity index (χ1v) is 5.81. The number of benzene rings is 2. The zero-order chi connectivity index (χ0) is 13.5. The molecule has 0 atom stereocenters. The molecule has 0 unspecified atom stereocenters. The summed E-state index contributed by atoms with van der Waals surface area (Å²) in [7, 11) is 1.60. The fourth-order valence-electron chi connectivity index (χ4n) is 1.50. The van der Waals surface area contributed by atoms with Crippen LogP contribution in [0.1, 0.15) is 15.9 Å². The van der Waals surface area contributed by atoms with Gasteiger partial charge in [-0.25, -0.2) is 4.79 Å². The molecule has 0 radical (unpaired) electrons. The molecule has 0 aromatic heterocycles. The molecule has 0 spiro atoms. The van der Waals surface area contributed by atoms with Gasteiger partial charge in [-0.15, -0.1) is 0 Å². The molecule has 0 fully saturated rings. The molecular formula is C15H14O4. The molecule has 98 valence electrons. The number of ether oxygens (including phenoxy) is 1. The molecule has 2 aromatic carbocycles. The Morgan fingerprint density at radius 1 is 1.00 bits per heavy atom. The number of carbonyl (C=O) groups excluding carboxylic acids is 1. The van der Waals surface area contributed by atoms with Crippen LogP contribution in [0.25, 0.3) is 0 Å². The maximum atomic E-state index is 11.6. The van der Waals surface area contributed by atoms with Gasteiger partial charge in [0.05, 0.1) is 12.7 Å². The van der Waals surface area contributed by atoms with Crippen LogP contribution < -0.4 is 4.74 Å². The number of rotatable bonds is 5.